The van der Waals surface area contributed by atoms with Crippen molar-refractivity contribution in [3.63, 3.8) is 0 Å². The summed E-state index contributed by atoms with van der Waals surface area (Å²) >= 11 is 6.91. The molecule has 2 aromatic carbocycles. The number of aromatic nitrogens is 2. The van der Waals surface area contributed by atoms with Crippen molar-refractivity contribution in [2.24, 2.45) is 0 Å². The van der Waals surface area contributed by atoms with Crippen molar-refractivity contribution in [3.05, 3.63) is 68.5 Å². The molecule has 0 amide bonds. The number of nitrogens with zero attached hydrogens (tertiary/aromatic N) is 2. The van der Waals surface area contributed by atoms with Crippen LogP contribution < -0.4 is 10.6 Å². The number of anilines is 4. The summed E-state index contributed by atoms with van der Waals surface area (Å²) in [4.78, 5) is 8.24. The van der Waals surface area contributed by atoms with Gasteiger partial charge in [-0.1, -0.05) is 31.9 Å². The molecule has 0 atom stereocenters. The predicted molar refractivity (Wildman–Crippen MR) is 106 cm³/mol. The van der Waals surface area contributed by atoms with Crippen molar-refractivity contribution in [1.29, 1.82) is 0 Å². The molecule has 0 fully saturated rings. The number of benzene rings is 2. The van der Waals surface area contributed by atoms with E-state index in [1.807, 2.05) is 50.2 Å². The Morgan fingerprint density at radius 2 is 1.44 bits per heavy atom. The average Bonchev–Trinajstić information content (AvgIpc) is 2.57. The maximum Gasteiger partial charge on any atom is 0.229 e. The number of halogens is 3. The lowest BCUT2D eigenvalue weighted by Crippen LogP contribution is -2.03. The van der Waals surface area contributed by atoms with Crippen LogP contribution in [-0.4, -0.2) is 9.97 Å². The Kier molecular flexibility index (Phi) is 5.34. The quantitative estimate of drug-likeness (QED) is 0.478. The Hall–Kier alpha value is -1.99. The molecule has 3 rings (SSSR count). The minimum absolute atomic E-state index is 0.119. The maximum atomic E-state index is 14.1. The van der Waals surface area contributed by atoms with E-state index in [0.29, 0.717) is 5.95 Å². The fourth-order valence-electron chi connectivity index (χ4n) is 2.23. The van der Waals surface area contributed by atoms with Crippen LogP contribution >= 0.6 is 31.9 Å². The van der Waals surface area contributed by atoms with E-state index in [0.717, 1.165) is 37.6 Å². The number of hydrogen-bond acceptors (Lipinski definition) is 4. The molecular formula is C18H15Br2FN4. The number of nitrogens with one attached hydrogen (secondary N) is 2. The van der Waals surface area contributed by atoms with Crippen LogP contribution in [0.25, 0.3) is 0 Å². The molecular weight excluding hydrogens is 451 g/mol. The molecule has 7 heteroatoms. The summed E-state index contributed by atoms with van der Waals surface area (Å²) in [6, 6.07) is 11.5. The van der Waals surface area contributed by atoms with Gasteiger partial charge in [0.15, 0.2) is 11.6 Å². The van der Waals surface area contributed by atoms with Gasteiger partial charge in [0.05, 0.1) is 6.20 Å². The molecule has 0 aliphatic heterocycles. The lowest BCUT2D eigenvalue weighted by molar-refractivity contribution is 0.619. The molecule has 25 heavy (non-hydrogen) atoms. The van der Waals surface area contributed by atoms with Gasteiger partial charge in [-0.15, -0.1) is 0 Å². The monoisotopic (exact) mass is 464 g/mol. The van der Waals surface area contributed by atoms with Gasteiger partial charge in [-0.2, -0.15) is 4.98 Å². The lowest BCUT2D eigenvalue weighted by Gasteiger charge is -2.11. The number of hydrogen-bond donors (Lipinski definition) is 2. The largest absolute Gasteiger partial charge is 0.338 e. The van der Waals surface area contributed by atoms with Crippen molar-refractivity contribution in [2.75, 3.05) is 10.6 Å². The third-order valence-electron chi connectivity index (χ3n) is 3.58. The van der Waals surface area contributed by atoms with Crippen LogP contribution in [0.2, 0.25) is 0 Å². The molecule has 0 unspecified atom stereocenters. The van der Waals surface area contributed by atoms with E-state index >= 15 is 0 Å². The van der Waals surface area contributed by atoms with Gasteiger partial charge in [-0.3, -0.25) is 0 Å². The molecule has 0 aliphatic rings. The third-order valence-corrected chi connectivity index (χ3v) is 5.36. The molecule has 0 spiro atoms. The first kappa shape index (κ1) is 17.8. The molecule has 0 bridgehead atoms. The van der Waals surface area contributed by atoms with E-state index in [9.17, 15) is 4.39 Å². The second kappa shape index (κ2) is 7.49. The lowest BCUT2D eigenvalue weighted by atomic mass is 10.2. The second-order valence-electron chi connectivity index (χ2n) is 5.57. The zero-order valence-electron chi connectivity index (χ0n) is 13.6. The van der Waals surface area contributed by atoms with Gasteiger partial charge in [0.25, 0.3) is 0 Å². The van der Waals surface area contributed by atoms with Gasteiger partial charge in [-0.05, 0) is 61.4 Å². The van der Waals surface area contributed by atoms with Crippen LogP contribution in [0.3, 0.4) is 0 Å². The molecule has 0 aliphatic carbocycles. The summed E-state index contributed by atoms with van der Waals surface area (Å²) in [5, 5.41) is 6.08. The summed E-state index contributed by atoms with van der Waals surface area (Å²) < 4.78 is 16.1. The maximum absolute atomic E-state index is 14.1. The highest BCUT2D eigenvalue weighted by Crippen LogP contribution is 2.25. The van der Waals surface area contributed by atoms with Gasteiger partial charge in [0, 0.05) is 20.3 Å². The van der Waals surface area contributed by atoms with Crippen molar-refractivity contribution >= 4 is 55.0 Å². The fourth-order valence-corrected chi connectivity index (χ4v) is 2.72. The van der Waals surface area contributed by atoms with Gasteiger partial charge < -0.3 is 10.6 Å². The third kappa shape index (κ3) is 4.35. The van der Waals surface area contributed by atoms with E-state index in [2.05, 4.69) is 52.5 Å². The zero-order chi connectivity index (χ0) is 18.0. The number of aryl methyl sites for hydroxylation is 2. The highest BCUT2D eigenvalue weighted by atomic mass is 79.9. The van der Waals surface area contributed by atoms with Gasteiger partial charge >= 0.3 is 0 Å². The van der Waals surface area contributed by atoms with Crippen LogP contribution in [0.1, 0.15) is 11.1 Å². The highest BCUT2D eigenvalue weighted by Gasteiger charge is 2.09. The SMILES string of the molecule is Cc1cc(Nc2ncc(F)c(Nc3ccc(Br)c(C)c3)n2)ccc1Br. The molecule has 3 aromatic rings. The first-order valence-corrected chi connectivity index (χ1v) is 9.10. The van der Waals surface area contributed by atoms with Crippen LogP contribution in [0.15, 0.2) is 51.5 Å². The van der Waals surface area contributed by atoms with E-state index in [4.69, 9.17) is 0 Å². The van der Waals surface area contributed by atoms with E-state index < -0.39 is 5.82 Å². The Labute approximate surface area is 162 Å². The van der Waals surface area contributed by atoms with E-state index in [1.165, 1.54) is 0 Å². The molecule has 1 heterocycles. The summed E-state index contributed by atoms with van der Waals surface area (Å²) in [7, 11) is 0. The van der Waals surface area contributed by atoms with Crippen molar-refractivity contribution in [2.45, 2.75) is 13.8 Å². The van der Waals surface area contributed by atoms with Crippen LogP contribution in [0.4, 0.5) is 27.5 Å². The first-order valence-electron chi connectivity index (χ1n) is 7.51. The van der Waals surface area contributed by atoms with Gasteiger partial charge in [-0.25, -0.2) is 9.37 Å². The van der Waals surface area contributed by atoms with Crippen LogP contribution in [0, 0.1) is 19.7 Å². The normalized spacial score (nSPS) is 10.6. The highest BCUT2D eigenvalue weighted by molar-refractivity contribution is 9.10. The Morgan fingerprint density at radius 1 is 0.880 bits per heavy atom. The molecule has 0 saturated carbocycles. The topological polar surface area (TPSA) is 49.8 Å². The number of rotatable bonds is 4. The van der Waals surface area contributed by atoms with Gasteiger partial charge in [0.1, 0.15) is 0 Å². The zero-order valence-corrected chi connectivity index (χ0v) is 16.7. The predicted octanol–water partition coefficient (Wildman–Crippen LogP) is 6.24. The van der Waals surface area contributed by atoms with Crippen molar-refractivity contribution < 1.29 is 4.39 Å². The molecule has 2 N–H and O–H groups in total. The minimum Gasteiger partial charge on any atom is -0.338 e. The molecule has 1 aromatic heterocycles. The van der Waals surface area contributed by atoms with Crippen LogP contribution in [0.5, 0.6) is 0 Å². The second-order valence-corrected chi connectivity index (χ2v) is 7.28. The fraction of sp³-hybridized carbons (Fsp3) is 0.111. The first-order chi connectivity index (χ1) is 11.9. The molecule has 128 valence electrons. The Balaban J connectivity index is 1.84. The van der Waals surface area contributed by atoms with Crippen molar-refractivity contribution in [3.8, 4) is 0 Å². The smallest absolute Gasteiger partial charge is 0.229 e. The summed E-state index contributed by atoms with van der Waals surface area (Å²) in [5.41, 5.74) is 3.71. The minimum atomic E-state index is -0.516. The summed E-state index contributed by atoms with van der Waals surface area (Å²) in [5.74, 6) is -0.0781. The van der Waals surface area contributed by atoms with E-state index in [1.54, 1.807) is 0 Å². The average molecular weight is 466 g/mol. The van der Waals surface area contributed by atoms with Crippen LogP contribution in [-0.2, 0) is 0 Å². The summed E-state index contributed by atoms with van der Waals surface area (Å²) in [6.45, 7) is 3.96. The molecule has 4 nitrogen and oxygen atoms in total. The van der Waals surface area contributed by atoms with Crippen molar-refractivity contribution in [1.82, 2.24) is 9.97 Å². The molecule has 0 radical (unpaired) electrons. The molecule has 0 saturated heterocycles. The Morgan fingerprint density at radius 3 is 2.00 bits per heavy atom. The Bertz CT molecular complexity index is 931. The summed E-state index contributed by atoms with van der Waals surface area (Å²) in [6.07, 6.45) is 1.15. The standard InChI is InChI=1S/C18H15Br2FN4/c1-10-7-12(3-5-14(10)19)23-17-16(21)9-22-18(25-17)24-13-4-6-15(20)11(2)8-13/h3-9H,1-2H3,(H2,22,23,24,25). The van der Waals surface area contributed by atoms with E-state index in [-0.39, 0.29) is 5.82 Å². The van der Waals surface area contributed by atoms with Gasteiger partial charge in [0.2, 0.25) is 5.95 Å².